The van der Waals surface area contributed by atoms with Crippen LogP contribution in [0.15, 0.2) is 61.1 Å². The van der Waals surface area contributed by atoms with Crippen LogP contribution in [-0.2, 0) is 15.4 Å². The van der Waals surface area contributed by atoms with Crippen LogP contribution in [0.1, 0.15) is 40.7 Å². The number of benzene rings is 2. The summed E-state index contributed by atoms with van der Waals surface area (Å²) < 4.78 is 22.3. The minimum atomic E-state index is -3.64. The van der Waals surface area contributed by atoms with Crippen molar-refractivity contribution < 1.29 is 13.2 Å². The topological polar surface area (TPSA) is 157 Å². The number of fused-ring (bicyclic) bond motifs is 1. The summed E-state index contributed by atoms with van der Waals surface area (Å²) in [5, 5.41) is 8.66. The maximum Gasteiger partial charge on any atom is 0.253 e. The fourth-order valence-electron chi connectivity index (χ4n) is 4.85. The predicted octanol–water partition coefficient (Wildman–Crippen LogP) is 2.70. The molecule has 2 aromatic carbocycles. The van der Waals surface area contributed by atoms with E-state index in [2.05, 4.69) is 44.5 Å². The molecule has 0 aliphatic heterocycles. The molecule has 0 saturated heterocycles. The largest absolute Gasteiger partial charge is 0.368 e. The van der Waals surface area contributed by atoms with Crippen molar-refractivity contribution in [3.05, 3.63) is 77.7 Å². The van der Waals surface area contributed by atoms with E-state index in [9.17, 15) is 13.2 Å². The first-order valence-electron chi connectivity index (χ1n) is 11.3. The van der Waals surface area contributed by atoms with E-state index < -0.39 is 10.0 Å². The molecule has 1 aliphatic rings. The minimum Gasteiger partial charge on any atom is -0.368 e. The number of nitrogens with zero attached hydrogens (tertiary/aromatic N) is 2. The van der Waals surface area contributed by atoms with E-state index in [1.807, 2.05) is 18.3 Å². The molecule has 6 N–H and O–H groups in total. The second-order valence-corrected chi connectivity index (χ2v) is 10.6. The van der Waals surface area contributed by atoms with Crippen LogP contribution >= 0.6 is 0 Å². The molecule has 1 fully saturated rings. The Bertz CT molecular complexity index is 1490. The predicted molar refractivity (Wildman–Crippen MR) is 135 cm³/mol. The molecule has 4 aromatic rings. The number of hydrogen-bond acceptors (Lipinski definition) is 6. The van der Waals surface area contributed by atoms with E-state index in [1.54, 1.807) is 18.5 Å². The van der Waals surface area contributed by atoms with Crippen molar-refractivity contribution in [2.45, 2.75) is 24.7 Å². The first kappa shape index (κ1) is 23.0. The Morgan fingerprint density at radius 2 is 1.77 bits per heavy atom. The Hall–Kier alpha value is -3.76. The number of para-hydroxylation sites is 1. The summed E-state index contributed by atoms with van der Waals surface area (Å²) in [5.74, 6) is -0.410. The molecule has 10 heteroatoms. The van der Waals surface area contributed by atoms with Crippen molar-refractivity contribution in [2.24, 2.45) is 5.14 Å². The fraction of sp³-hybridized carbons (Fsp3) is 0.240. The number of sulfonamides is 1. The van der Waals surface area contributed by atoms with Crippen LogP contribution < -0.4 is 16.2 Å². The molecule has 5 rings (SSSR count). The second-order valence-electron chi connectivity index (χ2n) is 8.90. The number of H-pyrrole nitrogens is 1. The number of nitrogens with one attached hydrogen (secondary N) is 2. The Kier molecular flexibility index (Phi) is 5.78. The van der Waals surface area contributed by atoms with Gasteiger partial charge in [0.05, 0.1) is 16.8 Å². The van der Waals surface area contributed by atoms with Gasteiger partial charge < -0.3 is 16.0 Å². The van der Waals surface area contributed by atoms with Gasteiger partial charge in [-0.05, 0) is 35.6 Å². The van der Waals surface area contributed by atoms with Crippen LogP contribution in [-0.4, -0.2) is 41.6 Å². The fourth-order valence-corrected chi connectivity index (χ4v) is 5.24. The lowest BCUT2D eigenvalue weighted by atomic mass is 9.60. The van der Waals surface area contributed by atoms with Crippen LogP contribution in [0.25, 0.3) is 22.0 Å². The summed E-state index contributed by atoms with van der Waals surface area (Å²) in [4.78, 5) is 24.2. The first-order valence-corrected chi connectivity index (χ1v) is 13.1. The molecule has 0 radical (unpaired) electrons. The summed E-state index contributed by atoms with van der Waals surface area (Å²) in [6.07, 6.45) is 8.56. The van der Waals surface area contributed by atoms with E-state index in [0.717, 1.165) is 46.9 Å². The molecule has 1 aliphatic carbocycles. The summed E-state index contributed by atoms with van der Waals surface area (Å²) in [6, 6.07) is 14.0. The molecule has 1 saturated carbocycles. The molecule has 2 aromatic heterocycles. The summed E-state index contributed by atoms with van der Waals surface area (Å²) in [7, 11) is -3.64. The van der Waals surface area contributed by atoms with Gasteiger partial charge in [-0.1, -0.05) is 42.8 Å². The molecule has 9 nitrogen and oxygen atoms in total. The Morgan fingerprint density at radius 3 is 2.40 bits per heavy atom. The molecule has 1 amide bonds. The van der Waals surface area contributed by atoms with Gasteiger partial charge in [-0.2, -0.15) is 0 Å². The third-order valence-corrected chi connectivity index (χ3v) is 7.57. The molecule has 35 heavy (non-hydrogen) atoms. The number of hydrogen-bond donors (Lipinski definition) is 4. The molecular weight excluding hydrogens is 464 g/mol. The number of nitrogen functional groups attached to an aromatic ring is 1. The average molecular weight is 491 g/mol. The smallest absolute Gasteiger partial charge is 0.253 e. The lowest BCUT2D eigenvalue weighted by Gasteiger charge is -2.43. The van der Waals surface area contributed by atoms with Gasteiger partial charge in [-0.15, -0.1) is 0 Å². The van der Waals surface area contributed by atoms with Gasteiger partial charge >= 0.3 is 0 Å². The molecule has 0 spiro atoms. The molecular formula is C25H26N6O3S. The van der Waals surface area contributed by atoms with Crippen molar-refractivity contribution in [1.82, 2.24) is 20.3 Å². The van der Waals surface area contributed by atoms with Gasteiger partial charge in [0.2, 0.25) is 16.0 Å². The molecule has 0 bridgehead atoms. The number of aromatic nitrogens is 3. The average Bonchev–Trinajstić information content (AvgIpc) is 3.23. The number of nitrogens with two attached hydrogens (primary N) is 2. The van der Waals surface area contributed by atoms with E-state index in [-0.39, 0.29) is 29.6 Å². The van der Waals surface area contributed by atoms with Crippen LogP contribution in [0.3, 0.4) is 0 Å². The van der Waals surface area contributed by atoms with Crippen molar-refractivity contribution in [2.75, 3.05) is 18.0 Å². The lowest BCUT2D eigenvalue weighted by Crippen LogP contribution is -2.35. The van der Waals surface area contributed by atoms with Crippen LogP contribution in [0.2, 0.25) is 0 Å². The Morgan fingerprint density at radius 1 is 1.06 bits per heavy atom. The number of amides is 1. The quantitative estimate of drug-likeness (QED) is 0.312. The zero-order chi connectivity index (χ0) is 24.6. The summed E-state index contributed by atoms with van der Waals surface area (Å²) in [6.45, 7) is -0.0447. The highest BCUT2D eigenvalue weighted by Gasteiger charge is 2.42. The zero-order valence-corrected chi connectivity index (χ0v) is 19.8. The third-order valence-electron chi connectivity index (χ3n) is 6.80. The standard InChI is InChI=1S/C25H26N6O3S/c26-24-30-13-17(14-31-24)16-5-7-18(8-6-16)25(9-2-10-25)21-15-29-22-19(21)3-1-4-20(22)23(32)28-11-12-35(27,33)34/h1,3-8,13-15,29H,2,9-12H2,(H,28,32)(H2,26,30,31)(H2,27,33,34). The SMILES string of the molecule is Nc1ncc(-c2ccc(C3(c4c[nH]c5c(C(=O)NCCS(N)(=O)=O)cccc45)CCC3)cc2)cn1. The number of carbonyl (C=O) groups excluding carboxylic acids is 1. The van der Waals surface area contributed by atoms with Gasteiger partial charge in [-0.25, -0.2) is 23.5 Å². The third kappa shape index (κ3) is 4.38. The second kappa shape index (κ2) is 8.79. The molecule has 0 unspecified atom stereocenters. The number of carbonyl (C=O) groups is 1. The van der Waals surface area contributed by atoms with Crippen molar-refractivity contribution in [1.29, 1.82) is 0 Å². The first-order chi connectivity index (χ1) is 16.8. The highest BCUT2D eigenvalue weighted by atomic mass is 32.2. The van der Waals surface area contributed by atoms with E-state index >= 15 is 0 Å². The lowest BCUT2D eigenvalue weighted by molar-refractivity contribution is 0.0957. The van der Waals surface area contributed by atoms with Crippen molar-refractivity contribution >= 4 is 32.8 Å². The van der Waals surface area contributed by atoms with Gasteiger partial charge in [0, 0.05) is 41.5 Å². The van der Waals surface area contributed by atoms with E-state index in [4.69, 9.17) is 10.9 Å². The maximum atomic E-state index is 12.8. The van der Waals surface area contributed by atoms with Gasteiger partial charge in [0.1, 0.15) is 0 Å². The van der Waals surface area contributed by atoms with Crippen LogP contribution in [0.5, 0.6) is 0 Å². The van der Waals surface area contributed by atoms with E-state index in [0.29, 0.717) is 5.56 Å². The highest BCUT2D eigenvalue weighted by molar-refractivity contribution is 7.89. The number of anilines is 1. The molecule has 2 heterocycles. The number of aromatic amines is 1. The summed E-state index contributed by atoms with van der Waals surface area (Å²) in [5.41, 5.74) is 10.9. The Labute approximate surface area is 203 Å². The minimum absolute atomic E-state index is 0.0447. The highest BCUT2D eigenvalue weighted by Crippen LogP contribution is 2.51. The summed E-state index contributed by atoms with van der Waals surface area (Å²) >= 11 is 0. The Balaban J connectivity index is 1.45. The number of primary sulfonamides is 1. The molecule has 0 atom stereocenters. The van der Waals surface area contributed by atoms with Gasteiger partial charge in [0.15, 0.2) is 0 Å². The number of rotatable bonds is 7. The van der Waals surface area contributed by atoms with Crippen LogP contribution in [0, 0.1) is 0 Å². The van der Waals surface area contributed by atoms with E-state index in [1.165, 1.54) is 5.56 Å². The van der Waals surface area contributed by atoms with Gasteiger partial charge in [0.25, 0.3) is 5.91 Å². The molecule has 180 valence electrons. The monoisotopic (exact) mass is 490 g/mol. The van der Waals surface area contributed by atoms with Crippen LogP contribution in [0.4, 0.5) is 5.95 Å². The van der Waals surface area contributed by atoms with Crippen molar-refractivity contribution in [3.8, 4) is 11.1 Å². The normalized spacial score (nSPS) is 15.0. The van der Waals surface area contributed by atoms with Crippen molar-refractivity contribution in [3.63, 3.8) is 0 Å². The van der Waals surface area contributed by atoms with Gasteiger partial charge in [-0.3, -0.25) is 4.79 Å². The maximum absolute atomic E-state index is 12.8. The zero-order valence-electron chi connectivity index (χ0n) is 19.0.